The van der Waals surface area contributed by atoms with Crippen LogP contribution in [0, 0.1) is 5.92 Å². The molecule has 182 valence electrons. The minimum absolute atomic E-state index is 0.106. The molecular weight excluding hydrogens is 436 g/mol. The second-order valence-electron chi connectivity index (χ2n) is 9.07. The zero-order valence-electron chi connectivity index (χ0n) is 19.7. The Morgan fingerprint density at radius 3 is 2.15 bits per heavy atom. The van der Waals surface area contributed by atoms with E-state index in [2.05, 4.69) is 10.6 Å². The van der Waals surface area contributed by atoms with Gasteiger partial charge in [-0.3, -0.25) is 4.79 Å². The topological polar surface area (TPSA) is 125 Å². The number of carboxylic acid groups (broad SMARTS) is 1. The van der Waals surface area contributed by atoms with E-state index in [1.165, 1.54) is 0 Å². The summed E-state index contributed by atoms with van der Waals surface area (Å²) in [7, 11) is 0. The van der Waals surface area contributed by atoms with Gasteiger partial charge in [-0.05, 0) is 41.5 Å². The summed E-state index contributed by atoms with van der Waals surface area (Å²) in [4.78, 5) is 36.5. The van der Waals surface area contributed by atoms with E-state index in [0.29, 0.717) is 6.42 Å². The molecule has 0 aromatic heterocycles. The van der Waals surface area contributed by atoms with E-state index in [9.17, 15) is 19.5 Å². The van der Waals surface area contributed by atoms with Gasteiger partial charge in [-0.15, -0.1) is 0 Å². The van der Waals surface area contributed by atoms with Gasteiger partial charge in [-0.1, -0.05) is 68.8 Å². The number of carboxylic acids is 1. The van der Waals surface area contributed by atoms with Gasteiger partial charge in [0.1, 0.15) is 12.6 Å². The van der Waals surface area contributed by atoms with E-state index in [1.54, 1.807) is 0 Å². The molecule has 0 saturated carbocycles. The van der Waals surface area contributed by atoms with Gasteiger partial charge in [-0.25, -0.2) is 9.59 Å². The van der Waals surface area contributed by atoms with Crippen LogP contribution in [0.15, 0.2) is 48.5 Å². The molecule has 3 rings (SSSR count). The van der Waals surface area contributed by atoms with Crippen molar-refractivity contribution in [2.75, 3.05) is 13.2 Å². The second kappa shape index (κ2) is 10.7. The van der Waals surface area contributed by atoms with Gasteiger partial charge in [0.15, 0.2) is 5.60 Å². The van der Waals surface area contributed by atoms with E-state index < -0.39 is 36.2 Å². The van der Waals surface area contributed by atoms with Crippen molar-refractivity contribution in [3.05, 3.63) is 59.7 Å². The minimum atomic E-state index is -2.11. The highest BCUT2D eigenvalue weighted by Gasteiger charge is 2.33. The number of alkyl carbamates (subject to hydrolysis) is 1. The number of aliphatic carboxylic acids is 1. The molecule has 1 aliphatic carbocycles. The number of ether oxygens (including phenoxy) is 1. The molecule has 0 bridgehead atoms. The highest BCUT2D eigenvalue weighted by molar-refractivity contribution is 5.86. The number of nitrogens with one attached hydrogen (secondary N) is 2. The first-order valence-corrected chi connectivity index (χ1v) is 11.5. The number of aliphatic hydroxyl groups is 1. The Kier molecular flexibility index (Phi) is 7.94. The molecule has 3 unspecified atom stereocenters. The van der Waals surface area contributed by atoms with Crippen molar-refractivity contribution in [1.82, 2.24) is 10.6 Å². The molecule has 1 aliphatic rings. The van der Waals surface area contributed by atoms with Crippen molar-refractivity contribution < 1.29 is 29.3 Å². The van der Waals surface area contributed by atoms with E-state index in [0.717, 1.165) is 35.6 Å². The van der Waals surface area contributed by atoms with Gasteiger partial charge >= 0.3 is 12.1 Å². The van der Waals surface area contributed by atoms with Gasteiger partial charge in [-0.2, -0.15) is 0 Å². The summed E-state index contributed by atoms with van der Waals surface area (Å²) in [5, 5.41) is 24.0. The molecule has 0 aliphatic heterocycles. The molecule has 0 fully saturated rings. The number of carbonyl (C=O) groups is 3. The Bertz CT molecular complexity index is 1010. The van der Waals surface area contributed by atoms with Crippen molar-refractivity contribution in [3.8, 4) is 11.1 Å². The Morgan fingerprint density at radius 1 is 1.06 bits per heavy atom. The lowest BCUT2D eigenvalue weighted by Crippen LogP contribution is -2.53. The molecule has 8 nitrogen and oxygen atoms in total. The lowest BCUT2D eigenvalue weighted by Gasteiger charge is -2.24. The number of hydrogen-bond acceptors (Lipinski definition) is 5. The van der Waals surface area contributed by atoms with Gasteiger partial charge < -0.3 is 25.6 Å². The smallest absolute Gasteiger partial charge is 0.407 e. The first-order chi connectivity index (χ1) is 16.1. The van der Waals surface area contributed by atoms with Gasteiger partial charge in [0, 0.05) is 5.92 Å². The first-order valence-electron chi connectivity index (χ1n) is 11.5. The minimum Gasteiger partial charge on any atom is -0.479 e. The average molecular weight is 469 g/mol. The molecule has 4 N–H and O–H groups in total. The average Bonchev–Trinajstić information content (AvgIpc) is 3.14. The molecule has 34 heavy (non-hydrogen) atoms. The van der Waals surface area contributed by atoms with Crippen LogP contribution in [0.3, 0.4) is 0 Å². The van der Waals surface area contributed by atoms with E-state index in [-0.39, 0.29) is 18.4 Å². The molecule has 2 amide bonds. The highest BCUT2D eigenvalue weighted by atomic mass is 16.5. The summed E-state index contributed by atoms with van der Waals surface area (Å²) < 4.78 is 5.55. The van der Waals surface area contributed by atoms with Crippen LogP contribution in [0.5, 0.6) is 0 Å². The fourth-order valence-corrected chi connectivity index (χ4v) is 4.04. The maximum absolute atomic E-state index is 12.7. The van der Waals surface area contributed by atoms with Crippen molar-refractivity contribution in [2.24, 2.45) is 5.92 Å². The highest BCUT2D eigenvalue weighted by Crippen LogP contribution is 2.44. The molecule has 0 spiro atoms. The third-order valence-corrected chi connectivity index (χ3v) is 6.35. The lowest BCUT2D eigenvalue weighted by molar-refractivity contribution is -0.156. The van der Waals surface area contributed by atoms with Crippen LogP contribution >= 0.6 is 0 Å². The van der Waals surface area contributed by atoms with Crippen LogP contribution in [0.4, 0.5) is 4.79 Å². The quantitative estimate of drug-likeness (QED) is 0.424. The van der Waals surface area contributed by atoms with Gasteiger partial charge in [0.25, 0.3) is 0 Å². The van der Waals surface area contributed by atoms with Crippen LogP contribution in [-0.2, 0) is 14.3 Å². The van der Waals surface area contributed by atoms with Crippen molar-refractivity contribution in [2.45, 2.75) is 51.2 Å². The maximum Gasteiger partial charge on any atom is 0.407 e. The Labute approximate surface area is 199 Å². The summed E-state index contributed by atoms with van der Waals surface area (Å²) in [6.07, 6.45) is 0.417. The maximum atomic E-state index is 12.7. The molecule has 0 radical (unpaired) electrons. The standard InChI is InChI=1S/C26H32N2O6/c1-4-16(2)13-22(23(29)27-15-26(3,33)24(30)31)28-25(32)34-14-21-19-11-7-5-9-17(19)18-10-6-8-12-20(18)21/h5-12,16,21-22,33H,4,13-15H2,1-3H3,(H,27,29)(H,28,32)(H,30,31). The number of rotatable bonds is 10. The number of amides is 2. The molecular formula is C26H32N2O6. The van der Waals surface area contributed by atoms with Gasteiger partial charge in [0.05, 0.1) is 6.54 Å². The summed E-state index contributed by atoms with van der Waals surface area (Å²) in [5.41, 5.74) is 2.29. The summed E-state index contributed by atoms with van der Waals surface area (Å²) >= 11 is 0. The molecule has 8 heteroatoms. The molecule has 0 heterocycles. The third kappa shape index (κ3) is 5.75. The van der Waals surface area contributed by atoms with E-state index in [1.807, 2.05) is 62.4 Å². The molecule has 2 aromatic carbocycles. The summed E-state index contributed by atoms with van der Waals surface area (Å²) in [5.74, 6) is -2.00. The Balaban J connectivity index is 1.65. The molecule has 2 aromatic rings. The van der Waals surface area contributed by atoms with Crippen LogP contribution < -0.4 is 10.6 Å². The zero-order chi connectivity index (χ0) is 24.9. The van der Waals surface area contributed by atoms with Crippen LogP contribution in [0.1, 0.15) is 50.7 Å². The summed E-state index contributed by atoms with van der Waals surface area (Å²) in [6, 6.07) is 15.1. The van der Waals surface area contributed by atoms with Crippen LogP contribution in [-0.4, -0.2) is 53.0 Å². The fourth-order valence-electron chi connectivity index (χ4n) is 4.04. The zero-order valence-corrected chi connectivity index (χ0v) is 19.7. The molecule has 3 atom stereocenters. The van der Waals surface area contributed by atoms with E-state index >= 15 is 0 Å². The van der Waals surface area contributed by atoms with Crippen molar-refractivity contribution >= 4 is 18.0 Å². The predicted molar refractivity (Wildman–Crippen MR) is 127 cm³/mol. The fraction of sp³-hybridized carbons (Fsp3) is 0.423. The van der Waals surface area contributed by atoms with Crippen molar-refractivity contribution in [1.29, 1.82) is 0 Å². The van der Waals surface area contributed by atoms with Crippen LogP contribution in [0.25, 0.3) is 11.1 Å². The predicted octanol–water partition coefficient (Wildman–Crippen LogP) is 3.28. The SMILES string of the molecule is CCC(C)CC(NC(=O)OCC1c2ccccc2-c2ccccc21)C(=O)NCC(C)(O)C(=O)O. The summed E-state index contributed by atoms with van der Waals surface area (Å²) in [6.45, 7) is 4.66. The third-order valence-electron chi connectivity index (χ3n) is 6.35. The Hall–Kier alpha value is -3.39. The first kappa shape index (κ1) is 25.2. The number of hydrogen-bond donors (Lipinski definition) is 4. The monoisotopic (exact) mass is 468 g/mol. The number of fused-ring (bicyclic) bond motifs is 3. The van der Waals surface area contributed by atoms with E-state index in [4.69, 9.17) is 9.84 Å². The second-order valence-corrected chi connectivity index (χ2v) is 9.07. The van der Waals surface area contributed by atoms with Crippen molar-refractivity contribution in [3.63, 3.8) is 0 Å². The Morgan fingerprint density at radius 2 is 1.62 bits per heavy atom. The number of carbonyl (C=O) groups excluding carboxylic acids is 2. The lowest BCUT2D eigenvalue weighted by atomic mass is 9.98. The largest absolute Gasteiger partial charge is 0.479 e. The molecule has 0 saturated heterocycles. The normalized spacial score (nSPS) is 15.9. The number of benzene rings is 2. The van der Waals surface area contributed by atoms with Gasteiger partial charge in [0.2, 0.25) is 5.91 Å². The van der Waals surface area contributed by atoms with Crippen LogP contribution in [0.2, 0.25) is 0 Å².